The average molecular weight is 259 g/mol. The zero-order chi connectivity index (χ0) is 13.9. The van der Waals surface area contributed by atoms with Crippen molar-refractivity contribution < 1.29 is 4.79 Å². The van der Waals surface area contributed by atoms with E-state index in [9.17, 15) is 4.79 Å². The Hall–Kier alpha value is -1.15. The molecule has 1 saturated heterocycles. The number of nitrogens with zero attached hydrogens (tertiary/aromatic N) is 1. The molecule has 1 heterocycles. The molecule has 2 nitrogen and oxygen atoms in total. The number of rotatable bonds is 4. The molecule has 2 heteroatoms. The molecule has 0 saturated carbocycles. The summed E-state index contributed by atoms with van der Waals surface area (Å²) in [5.41, 5.74) is 2.54. The van der Waals surface area contributed by atoms with Gasteiger partial charge in [0, 0.05) is 18.5 Å². The van der Waals surface area contributed by atoms with Crippen LogP contribution in [-0.4, -0.2) is 30.3 Å². The highest BCUT2D eigenvalue weighted by Crippen LogP contribution is 2.29. The summed E-state index contributed by atoms with van der Waals surface area (Å²) >= 11 is 0. The highest BCUT2D eigenvalue weighted by Gasteiger charge is 2.25. The summed E-state index contributed by atoms with van der Waals surface area (Å²) in [4.78, 5) is 14.5. The number of carbonyl (C=O) groups is 1. The normalized spacial score (nSPS) is 19.3. The molecule has 0 N–H and O–H groups in total. The number of piperidine rings is 1. The molecule has 1 aliphatic heterocycles. The lowest BCUT2D eigenvalue weighted by Gasteiger charge is -2.36. The Bertz CT molecular complexity index is 423. The maximum Gasteiger partial charge on any atom is 0.164 e. The number of likely N-dealkylation sites (tertiary alicyclic amines) is 1. The minimum atomic E-state index is 0.268. The number of hydrogen-bond acceptors (Lipinski definition) is 2. The van der Waals surface area contributed by atoms with Gasteiger partial charge in [0.2, 0.25) is 0 Å². The van der Waals surface area contributed by atoms with Crippen LogP contribution in [-0.2, 0) is 0 Å². The summed E-state index contributed by atoms with van der Waals surface area (Å²) in [5, 5.41) is 0. The Morgan fingerprint density at radius 3 is 2.32 bits per heavy atom. The molecule has 1 aromatic carbocycles. The van der Waals surface area contributed by atoms with E-state index in [1.165, 1.54) is 18.4 Å². The monoisotopic (exact) mass is 259 g/mol. The quantitative estimate of drug-likeness (QED) is 0.769. The van der Waals surface area contributed by atoms with Crippen LogP contribution in [0.3, 0.4) is 0 Å². The Labute approximate surface area is 116 Å². The number of benzene rings is 1. The van der Waals surface area contributed by atoms with Crippen LogP contribution in [0.15, 0.2) is 24.3 Å². The largest absolute Gasteiger partial charge is 0.303 e. The van der Waals surface area contributed by atoms with E-state index in [2.05, 4.69) is 18.7 Å². The molecule has 0 aliphatic carbocycles. The highest BCUT2D eigenvalue weighted by atomic mass is 16.1. The first kappa shape index (κ1) is 14.3. The first-order valence-electron chi connectivity index (χ1n) is 7.28. The second-order valence-corrected chi connectivity index (χ2v) is 6.55. The van der Waals surface area contributed by atoms with Crippen molar-refractivity contribution in [3.8, 4) is 0 Å². The summed E-state index contributed by atoms with van der Waals surface area (Å²) in [6, 6.07) is 7.90. The fraction of sp³-hybridized carbons (Fsp3) is 0.588. The molecule has 0 amide bonds. The fourth-order valence-electron chi connectivity index (χ4n) is 2.53. The smallest absolute Gasteiger partial charge is 0.164 e. The number of hydrogen-bond donors (Lipinski definition) is 0. The van der Waals surface area contributed by atoms with E-state index >= 15 is 0 Å². The van der Waals surface area contributed by atoms with Crippen LogP contribution in [0.2, 0.25) is 0 Å². The highest BCUT2D eigenvalue weighted by molar-refractivity contribution is 5.96. The number of aryl methyl sites for hydroxylation is 1. The Morgan fingerprint density at radius 1 is 1.16 bits per heavy atom. The molecular formula is C17H25NO. The van der Waals surface area contributed by atoms with Crippen molar-refractivity contribution in [3.63, 3.8) is 0 Å². The minimum Gasteiger partial charge on any atom is -0.303 e. The van der Waals surface area contributed by atoms with Gasteiger partial charge in [0.25, 0.3) is 0 Å². The second kappa shape index (κ2) is 5.87. The lowest BCUT2D eigenvalue weighted by molar-refractivity contribution is 0.0927. The van der Waals surface area contributed by atoms with E-state index < -0.39 is 0 Å². The third kappa shape index (κ3) is 4.17. The molecule has 2 rings (SSSR count). The standard InChI is InChI=1S/C17H25NO/c1-14-4-6-15(7-5-14)16(19)8-11-18-12-9-17(2,3)10-13-18/h4-7H,8-13H2,1-3H3. The number of carbonyl (C=O) groups excluding carboxylic acids is 1. The van der Waals surface area contributed by atoms with Gasteiger partial charge in [-0.05, 0) is 38.3 Å². The number of Topliss-reactive ketones (excluding diaryl/α,β-unsaturated/α-hetero) is 1. The fourth-order valence-corrected chi connectivity index (χ4v) is 2.53. The van der Waals surface area contributed by atoms with Crippen molar-refractivity contribution in [1.29, 1.82) is 0 Å². The second-order valence-electron chi connectivity index (χ2n) is 6.55. The van der Waals surface area contributed by atoms with Crippen molar-refractivity contribution >= 4 is 5.78 Å². The summed E-state index contributed by atoms with van der Waals surface area (Å²) in [6.07, 6.45) is 3.13. The molecule has 1 fully saturated rings. The van der Waals surface area contributed by atoms with E-state index in [1.54, 1.807) is 0 Å². The van der Waals surface area contributed by atoms with Crippen LogP contribution in [0.25, 0.3) is 0 Å². The van der Waals surface area contributed by atoms with Gasteiger partial charge in [-0.2, -0.15) is 0 Å². The van der Waals surface area contributed by atoms with Crippen molar-refractivity contribution in [2.24, 2.45) is 5.41 Å². The third-order valence-electron chi connectivity index (χ3n) is 4.24. The SMILES string of the molecule is Cc1ccc(C(=O)CCN2CCC(C)(C)CC2)cc1. The third-order valence-corrected chi connectivity index (χ3v) is 4.24. The van der Waals surface area contributed by atoms with Crippen molar-refractivity contribution in [2.45, 2.75) is 40.0 Å². The molecule has 19 heavy (non-hydrogen) atoms. The molecule has 0 aromatic heterocycles. The van der Waals surface area contributed by atoms with Crippen LogP contribution in [0.1, 0.15) is 49.0 Å². The van der Waals surface area contributed by atoms with Gasteiger partial charge in [-0.15, -0.1) is 0 Å². The van der Waals surface area contributed by atoms with Crippen molar-refractivity contribution in [3.05, 3.63) is 35.4 Å². The lowest BCUT2D eigenvalue weighted by atomic mass is 9.82. The van der Waals surface area contributed by atoms with E-state index in [-0.39, 0.29) is 5.78 Å². The van der Waals surface area contributed by atoms with Crippen molar-refractivity contribution in [1.82, 2.24) is 4.90 Å². The van der Waals surface area contributed by atoms with Crippen LogP contribution >= 0.6 is 0 Å². The molecule has 0 bridgehead atoms. The molecule has 104 valence electrons. The zero-order valence-corrected chi connectivity index (χ0v) is 12.4. The summed E-state index contributed by atoms with van der Waals surface area (Å²) in [7, 11) is 0. The summed E-state index contributed by atoms with van der Waals surface area (Å²) in [5.74, 6) is 0.268. The molecule has 0 radical (unpaired) electrons. The molecule has 1 aliphatic rings. The summed E-state index contributed by atoms with van der Waals surface area (Å²) < 4.78 is 0. The van der Waals surface area contributed by atoms with Crippen molar-refractivity contribution in [2.75, 3.05) is 19.6 Å². The molecule has 0 spiro atoms. The van der Waals surface area contributed by atoms with E-state index in [4.69, 9.17) is 0 Å². The zero-order valence-electron chi connectivity index (χ0n) is 12.4. The van der Waals surface area contributed by atoms with Crippen LogP contribution in [0.5, 0.6) is 0 Å². The van der Waals surface area contributed by atoms with Gasteiger partial charge in [-0.25, -0.2) is 0 Å². The van der Waals surface area contributed by atoms with Gasteiger partial charge >= 0.3 is 0 Å². The van der Waals surface area contributed by atoms with E-state index in [1.807, 2.05) is 31.2 Å². The molecule has 0 unspecified atom stereocenters. The summed E-state index contributed by atoms with van der Waals surface area (Å²) in [6.45, 7) is 9.89. The molecule has 1 aromatic rings. The predicted octanol–water partition coefficient (Wildman–Crippen LogP) is 3.69. The van der Waals surface area contributed by atoms with Crippen LogP contribution in [0, 0.1) is 12.3 Å². The Morgan fingerprint density at radius 2 is 1.74 bits per heavy atom. The number of ketones is 1. The molecular weight excluding hydrogens is 234 g/mol. The first-order valence-corrected chi connectivity index (χ1v) is 7.28. The Kier molecular flexibility index (Phi) is 4.41. The maximum absolute atomic E-state index is 12.1. The van der Waals surface area contributed by atoms with Gasteiger partial charge in [0.15, 0.2) is 5.78 Å². The van der Waals surface area contributed by atoms with Crippen LogP contribution < -0.4 is 0 Å². The van der Waals surface area contributed by atoms with Crippen LogP contribution in [0.4, 0.5) is 0 Å². The lowest BCUT2D eigenvalue weighted by Crippen LogP contribution is -2.38. The van der Waals surface area contributed by atoms with E-state index in [0.717, 1.165) is 25.2 Å². The van der Waals surface area contributed by atoms with Gasteiger partial charge in [-0.1, -0.05) is 43.7 Å². The average Bonchev–Trinajstić information content (AvgIpc) is 2.38. The van der Waals surface area contributed by atoms with E-state index in [0.29, 0.717) is 11.8 Å². The first-order chi connectivity index (χ1) is 8.96. The van der Waals surface area contributed by atoms with Gasteiger partial charge in [0.05, 0.1) is 0 Å². The van der Waals surface area contributed by atoms with Gasteiger partial charge in [0.1, 0.15) is 0 Å². The topological polar surface area (TPSA) is 20.3 Å². The Balaban J connectivity index is 1.80. The predicted molar refractivity (Wildman–Crippen MR) is 79.6 cm³/mol. The maximum atomic E-state index is 12.1. The minimum absolute atomic E-state index is 0.268. The van der Waals surface area contributed by atoms with Gasteiger partial charge < -0.3 is 4.90 Å². The molecule has 0 atom stereocenters. The van der Waals surface area contributed by atoms with Gasteiger partial charge in [-0.3, -0.25) is 4.79 Å².